The van der Waals surface area contributed by atoms with E-state index in [0.717, 1.165) is 30.6 Å². The van der Waals surface area contributed by atoms with E-state index in [1.54, 1.807) is 31.4 Å². The van der Waals surface area contributed by atoms with Crippen molar-refractivity contribution >= 4 is 11.8 Å². The molecular formula is C21H26N2O3. The molecule has 0 fully saturated rings. The van der Waals surface area contributed by atoms with Gasteiger partial charge in [0.05, 0.1) is 7.11 Å². The van der Waals surface area contributed by atoms with Crippen molar-refractivity contribution in [2.24, 2.45) is 0 Å². The zero-order valence-corrected chi connectivity index (χ0v) is 15.4. The fraction of sp³-hybridized carbons (Fsp3) is 0.333. The van der Waals surface area contributed by atoms with Gasteiger partial charge in [0.1, 0.15) is 5.75 Å². The van der Waals surface area contributed by atoms with Crippen LogP contribution in [0.25, 0.3) is 0 Å². The molecule has 0 saturated carbocycles. The van der Waals surface area contributed by atoms with Crippen molar-refractivity contribution < 1.29 is 14.3 Å². The van der Waals surface area contributed by atoms with E-state index in [1.165, 1.54) is 0 Å². The summed E-state index contributed by atoms with van der Waals surface area (Å²) < 4.78 is 5.12. The van der Waals surface area contributed by atoms with Crippen molar-refractivity contribution in [1.82, 2.24) is 10.6 Å². The number of carbonyl (C=O) groups excluding carboxylic acids is 2. The molecule has 2 aromatic rings. The highest BCUT2D eigenvalue weighted by molar-refractivity contribution is 5.99. The first-order chi connectivity index (χ1) is 12.6. The predicted molar refractivity (Wildman–Crippen MR) is 102 cm³/mol. The fourth-order valence-corrected chi connectivity index (χ4v) is 2.51. The molecule has 138 valence electrons. The third-order valence-corrected chi connectivity index (χ3v) is 4.06. The maximum Gasteiger partial charge on any atom is 0.251 e. The van der Waals surface area contributed by atoms with Crippen molar-refractivity contribution in [2.45, 2.75) is 32.7 Å². The summed E-state index contributed by atoms with van der Waals surface area (Å²) in [5.74, 6) is 0.421. The average molecular weight is 354 g/mol. The van der Waals surface area contributed by atoms with E-state index in [4.69, 9.17) is 4.74 Å². The second kappa shape index (κ2) is 10.2. The van der Waals surface area contributed by atoms with Gasteiger partial charge in [0, 0.05) is 24.2 Å². The Morgan fingerprint density at radius 2 is 1.58 bits per heavy atom. The lowest BCUT2D eigenvalue weighted by Gasteiger charge is -2.08. The Balaban J connectivity index is 1.91. The Kier molecular flexibility index (Phi) is 7.68. The molecule has 2 amide bonds. The number of hydrogen-bond acceptors (Lipinski definition) is 3. The molecule has 0 radical (unpaired) electrons. The number of ether oxygens (including phenoxy) is 1. The zero-order chi connectivity index (χ0) is 18.8. The minimum absolute atomic E-state index is 0.147. The van der Waals surface area contributed by atoms with Gasteiger partial charge in [-0.3, -0.25) is 9.59 Å². The highest BCUT2D eigenvalue weighted by atomic mass is 16.5. The van der Waals surface area contributed by atoms with Gasteiger partial charge in [0.15, 0.2) is 0 Å². The molecule has 0 aliphatic rings. The second-order valence-electron chi connectivity index (χ2n) is 6.07. The van der Waals surface area contributed by atoms with Gasteiger partial charge in [-0.25, -0.2) is 0 Å². The first kappa shape index (κ1) is 19.5. The molecular weight excluding hydrogens is 328 g/mol. The van der Waals surface area contributed by atoms with Crippen LogP contribution in [0.5, 0.6) is 5.75 Å². The minimum atomic E-state index is -0.207. The number of amides is 2. The summed E-state index contributed by atoms with van der Waals surface area (Å²) >= 11 is 0. The van der Waals surface area contributed by atoms with Crippen molar-refractivity contribution in [2.75, 3.05) is 13.7 Å². The number of nitrogens with one attached hydrogen (secondary N) is 2. The highest BCUT2D eigenvalue weighted by Gasteiger charge is 2.10. The molecule has 2 aromatic carbocycles. The van der Waals surface area contributed by atoms with E-state index in [9.17, 15) is 9.59 Å². The molecule has 5 nitrogen and oxygen atoms in total. The van der Waals surface area contributed by atoms with Crippen molar-refractivity contribution in [3.63, 3.8) is 0 Å². The summed E-state index contributed by atoms with van der Waals surface area (Å²) in [6, 6.07) is 14.3. The smallest absolute Gasteiger partial charge is 0.251 e. The number of hydrogen-bond donors (Lipinski definition) is 2. The number of unbranched alkanes of at least 4 members (excludes halogenated alkanes) is 2. The van der Waals surface area contributed by atoms with Gasteiger partial charge in [0.25, 0.3) is 11.8 Å². The Morgan fingerprint density at radius 1 is 0.923 bits per heavy atom. The molecule has 2 rings (SSSR count). The largest absolute Gasteiger partial charge is 0.497 e. The van der Waals surface area contributed by atoms with Crippen LogP contribution in [0.15, 0.2) is 48.5 Å². The molecule has 26 heavy (non-hydrogen) atoms. The second-order valence-corrected chi connectivity index (χ2v) is 6.07. The Morgan fingerprint density at radius 3 is 2.19 bits per heavy atom. The van der Waals surface area contributed by atoms with E-state index in [1.807, 2.05) is 24.3 Å². The molecule has 5 heteroatoms. The number of methoxy groups -OCH3 is 1. The first-order valence-corrected chi connectivity index (χ1v) is 8.93. The first-order valence-electron chi connectivity index (χ1n) is 8.93. The topological polar surface area (TPSA) is 67.4 Å². The van der Waals surface area contributed by atoms with E-state index >= 15 is 0 Å². The summed E-state index contributed by atoms with van der Waals surface area (Å²) in [6.45, 7) is 3.19. The summed E-state index contributed by atoms with van der Waals surface area (Å²) in [5.41, 5.74) is 1.95. The Labute approximate surface area is 154 Å². The van der Waals surface area contributed by atoms with Crippen LogP contribution in [-0.4, -0.2) is 25.5 Å². The lowest BCUT2D eigenvalue weighted by atomic mass is 10.1. The number of rotatable bonds is 9. The molecule has 0 bridgehead atoms. The molecule has 0 aliphatic carbocycles. The quantitative estimate of drug-likeness (QED) is 0.677. The number of benzene rings is 2. The third-order valence-electron chi connectivity index (χ3n) is 4.06. The molecule has 0 heterocycles. The molecule has 0 aromatic heterocycles. The van der Waals surface area contributed by atoms with Crippen molar-refractivity contribution in [3.8, 4) is 5.75 Å². The molecule has 0 saturated heterocycles. The van der Waals surface area contributed by atoms with Crippen molar-refractivity contribution in [1.29, 1.82) is 0 Å². The monoisotopic (exact) mass is 354 g/mol. The van der Waals surface area contributed by atoms with Crippen molar-refractivity contribution in [3.05, 3.63) is 65.2 Å². The van der Waals surface area contributed by atoms with Gasteiger partial charge in [0.2, 0.25) is 0 Å². The van der Waals surface area contributed by atoms with Crippen LogP contribution in [0.3, 0.4) is 0 Å². The third kappa shape index (κ3) is 5.92. The molecule has 0 spiro atoms. The van der Waals surface area contributed by atoms with E-state index < -0.39 is 0 Å². The van der Waals surface area contributed by atoms with Gasteiger partial charge in [-0.1, -0.05) is 38.0 Å². The van der Waals surface area contributed by atoms with Crippen LogP contribution in [0.2, 0.25) is 0 Å². The van der Waals surface area contributed by atoms with Crippen LogP contribution in [-0.2, 0) is 6.54 Å². The summed E-state index contributed by atoms with van der Waals surface area (Å²) in [7, 11) is 1.61. The van der Waals surface area contributed by atoms with Gasteiger partial charge in [-0.2, -0.15) is 0 Å². The van der Waals surface area contributed by atoms with E-state index in [0.29, 0.717) is 24.2 Å². The van der Waals surface area contributed by atoms with E-state index in [2.05, 4.69) is 17.6 Å². The molecule has 0 unspecified atom stereocenters. The SMILES string of the molecule is CCCCCNC(=O)c1cccc(C(=O)NCc2ccc(OC)cc2)c1. The maximum absolute atomic E-state index is 12.3. The average Bonchev–Trinajstić information content (AvgIpc) is 2.69. The lowest BCUT2D eigenvalue weighted by molar-refractivity contribution is 0.0950. The van der Waals surface area contributed by atoms with Crippen LogP contribution >= 0.6 is 0 Å². The molecule has 0 aliphatic heterocycles. The fourth-order valence-electron chi connectivity index (χ4n) is 2.51. The van der Waals surface area contributed by atoms with Crippen LogP contribution in [0.4, 0.5) is 0 Å². The van der Waals surface area contributed by atoms with Gasteiger partial charge < -0.3 is 15.4 Å². The maximum atomic E-state index is 12.3. The Bertz CT molecular complexity index is 726. The van der Waals surface area contributed by atoms with E-state index in [-0.39, 0.29) is 11.8 Å². The molecule has 2 N–H and O–H groups in total. The summed E-state index contributed by atoms with van der Waals surface area (Å²) in [4.78, 5) is 24.5. The zero-order valence-electron chi connectivity index (χ0n) is 15.4. The number of carbonyl (C=O) groups is 2. The lowest BCUT2D eigenvalue weighted by Crippen LogP contribution is -2.26. The van der Waals surface area contributed by atoms with Gasteiger partial charge >= 0.3 is 0 Å². The summed E-state index contributed by atoms with van der Waals surface area (Å²) in [6.07, 6.45) is 3.16. The summed E-state index contributed by atoms with van der Waals surface area (Å²) in [5, 5.41) is 5.75. The van der Waals surface area contributed by atoms with Crippen LogP contribution < -0.4 is 15.4 Å². The van der Waals surface area contributed by atoms with Gasteiger partial charge in [-0.15, -0.1) is 0 Å². The van der Waals surface area contributed by atoms with Crippen LogP contribution in [0, 0.1) is 0 Å². The standard InChI is InChI=1S/C21H26N2O3/c1-3-4-5-13-22-20(24)17-7-6-8-18(14-17)21(25)23-15-16-9-11-19(26-2)12-10-16/h6-12,14H,3-5,13,15H2,1-2H3,(H,22,24)(H,23,25). The predicted octanol–water partition coefficient (Wildman–Crippen LogP) is 3.55. The van der Waals surface area contributed by atoms with Crippen LogP contribution in [0.1, 0.15) is 52.5 Å². The minimum Gasteiger partial charge on any atom is -0.497 e. The van der Waals surface area contributed by atoms with Gasteiger partial charge in [-0.05, 0) is 42.3 Å². The highest BCUT2D eigenvalue weighted by Crippen LogP contribution is 2.11. The Hall–Kier alpha value is -2.82. The molecule has 0 atom stereocenters. The normalized spacial score (nSPS) is 10.2.